The van der Waals surface area contributed by atoms with Crippen LogP contribution in [0.25, 0.3) is 0 Å². The molecule has 1 N–H and O–H groups in total. The Hall–Kier alpha value is -5.36. The molecular weight excluding hydrogens is 558 g/mol. The number of carbonyl (C=O) groups is 3. The highest BCUT2D eigenvalue weighted by Gasteiger charge is 2.61. The Morgan fingerprint density at radius 3 is 1.91 bits per heavy atom. The highest BCUT2D eigenvalue weighted by molar-refractivity contribution is 5.91. The summed E-state index contributed by atoms with van der Waals surface area (Å²) in [5, 5.41) is 4.07. The minimum atomic E-state index is -1.91. The number of esters is 3. The van der Waals surface area contributed by atoms with Gasteiger partial charge in [-0.25, -0.2) is 19.2 Å². The number of aromatic nitrogens is 3. The third kappa shape index (κ3) is 6.14. The number of hydrogen-bond donors (Lipinski definition) is 1. The number of aromatic amines is 1. The van der Waals surface area contributed by atoms with Crippen LogP contribution >= 0.6 is 0 Å². The minimum Gasteiger partial charge on any atom is -0.459 e. The van der Waals surface area contributed by atoms with E-state index in [0.29, 0.717) is 0 Å². The first kappa shape index (κ1) is 29.1. The second-order valence-electron chi connectivity index (χ2n) is 9.91. The number of benzene rings is 3. The van der Waals surface area contributed by atoms with E-state index in [0.717, 1.165) is 4.68 Å². The van der Waals surface area contributed by atoms with Crippen molar-refractivity contribution >= 4 is 17.9 Å². The molecule has 0 radical (unpaired) electrons. The summed E-state index contributed by atoms with van der Waals surface area (Å²) in [4.78, 5) is 66.7. The van der Waals surface area contributed by atoms with Crippen LogP contribution in [0.2, 0.25) is 0 Å². The van der Waals surface area contributed by atoms with Crippen molar-refractivity contribution in [2.75, 3.05) is 6.61 Å². The van der Waals surface area contributed by atoms with Crippen molar-refractivity contribution < 1.29 is 33.3 Å². The Labute approximate surface area is 244 Å². The van der Waals surface area contributed by atoms with E-state index in [2.05, 4.69) is 10.1 Å². The van der Waals surface area contributed by atoms with Gasteiger partial charge in [-0.2, -0.15) is 9.78 Å². The summed E-state index contributed by atoms with van der Waals surface area (Å²) in [5.74, 6) is -2.28. The highest BCUT2D eigenvalue weighted by Crippen LogP contribution is 2.43. The van der Waals surface area contributed by atoms with Crippen LogP contribution in [0.1, 0.15) is 49.9 Å². The van der Waals surface area contributed by atoms with E-state index in [4.69, 9.17) is 18.9 Å². The van der Waals surface area contributed by atoms with Crippen molar-refractivity contribution in [1.29, 1.82) is 0 Å². The van der Waals surface area contributed by atoms with E-state index in [1.165, 1.54) is 38.1 Å². The molecule has 1 aromatic heterocycles. The summed E-state index contributed by atoms with van der Waals surface area (Å²) in [6.07, 6.45) is -4.17. The SMILES string of the molecule is Cc1nn([C@@H]2O[C@H](COC(=O)c3ccccc3)C(OC(=O)c3ccccc3)[C@]2(C)OC(=O)c2ccccc2)c(=O)[nH]c1=O. The van der Waals surface area contributed by atoms with Crippen LogP contribution in [0, 0.1) is 6.92 Å². The number of ether oxygens (including phenoxy) is 4. The second-order valence-corrected chi connectivity index (χ2v) is 9.91. The number of hydrogen-bond acceptors (Lipinski definition) is 10. The molecule has 0 spiro atoms. The first-order valence-corrected chi connectivity index (χ1v) is 13.3. The van der Waals surface area contributed by atoms with E-state index in [1.807, 2.05) is 0 Å². The molecule has 4 atom stereocenters. The molecule has 1 unspecified atom stereocenters. The molecule has 12 heteroatoms. The molecule has 5 rings (SSSR count). The van der Waals surface area contributed by atoms with Gasteiger partial charge in [0.05, 0.1) is 16.7 Å². The maximum absolute atomic E-state index is 13.4. The largest absolute Gasteiger partial charge is 0.459 e. The molecule has 0 amide bonds. The van der Waals surface area contributed by atoms with Gasteiger partial charge in [-0.05, 0) is 50.2 Å². The Kier molecular flexibility index (Phi) is 8.30. The summed E-state index contributed by atoms with van der Waals surface area (Å²) < 4.78 is 24.3. The van der Waals surface area contributed by atoms with E-state index in [-0.39, 0.29) is 22.4 Å². The van der Waals surface area contributed by atoms with Gasteiger partial charge in [-0.3, -0.25) is 9.78 Å². The van der Waals surface area contributed by atoms with Gasteiger partial charge in [-0.15, -0.1) is 0 Å². The van der Waals surface area contributed by atoms with Crippen molar-refractivity contribution in [3.05, 3.63) is 134 Å². The molecule has 4 aromatic rings. The Bertz CT molecular complexity index is 1740. The lowest BCUT2D eigenvalue weighted by molar-refractivity contribution is -0.116. The van der Waals surface area contributed by atoms with Crippen LogP contribution in [0.5, 0.6) is 0 Å². The molecule has 2 heterocycles. The molecule has 1 aliphatic rings. The van der Waals surface area contributed by atoms with Gasteiger partial charge in [0.15, 0.2) is 17.9 Å². The zero-order chi connectivity index (χ0) is 30.6. The zero-order valence-corrected chi connectivity index (χ0v) is 23.2. The quantitative estimate of drug-likeness (QED) is 0.241. The molecule has 3 aromatic carbocycles. The Balaban J connectivity index is 1.57. The zero-order valence-electron chi connectivity index (χ0n) is 23.2. The number of carbonyl (C=O) groups excluding carboxylic acids is 3. The third-order valence-electron chi connectivity index (χ3n) is 6.89. The standard InChI is InChI=1S/C31H27N3O9/c1-19-25(35)32-30(39)34(33-19)29-31(2,43-28(38)22-16-10-5-11-17-22)24(42-27(37)21-14-8-4-9-15-21)23(41-29)18-40-26(36)20-12-6-3-7-13-20/h3-17,23-24,29H,18H2,1-2H3,(H,32,35,39)/t23-,24?,29-,31+/m1/s1. The van der Waals surface area contributed by atoms with Crippen LogP contribution in [0.4, 0.5) is 0 Å². The number of aryl methyl sites for hydroxylation is 1. The van der Waals surface area contributed by atoms with Gasteiger partial charge < -0.3 is 18.9 Å². The first-order valence-electron chi connectivity index (χ1n) is 13.3. The number of rotatable bonds is 8. The Morgan fingerprint density at radius 2 is 1.35 bits per heavy atom. The molecule has 43 heavy (non-hydrogen) atoms. The van der Waals surface area contributed by atoms with E-state index < -0.39 is 59.8 Å². The minimum absolute atomic E-state index is 0.0725. The number of H-pyrrole nitrogens is 1. The average molecular weight is 586 g/mol. The molecule has 12 nitrogen and oxygen atoms in total. The van der Waals surface area contributed by atoms with Crippen molar-refractivity contribution in [2.24, 2.45) is 0 Å². The van der Waals surface area contributed by atoms with Crippen LogP contribution in [0.15, 0.2) is 101 Å². The van der Waals surface area contributed by atoms with Crippen LogP contribution in [-0.4, -0.2) is 57.1 Å². The van der Waals surface area contributed by atoms with Crippen molar-refractivity contribution in [3.63, 3.8) is 0 Å². The monoisotopic (exact) mass is 585 g/mol. The van der Waals surface area contributed by atoms with Gasteiger partial charge in [-0.1, -0.05) is 54.6 Å². The topological polar surface area (TPSA) is 156 Å². The van der Waals surface area contributed by atoms with Gasteiger partial charge in [0.2, 0.25) is 0 Å². The summed E-state index contributed by atoms with van der Waals surface area (Å²) in [7, 11) is 0. The predicted molar refractivity (Wildman–Crippen MR) is 150 cm³/mol. The van der Waals surface area contributed by atoms with Crippen molar-refractivity contribution in [1.82, 2.24) is 14.8 Å². The molecule has 0 aliphatic carbocycles. The fourth-order valence-electron chi connectivity index (χ4n) is 4.67. The first-order chi connectivity index (χ1) is 20.7. The van der Waals surface area contributed by atoms with Gasteiger partial charge in [0, 0.05) is 0 Å². The molecular formula is C31H27N3O9. The fraction of sp³-hybridized carbons (Fsp3) is 0.226. The van der Waals surface area contributed by atoms with E-state index in [1.54, 1.807) is 66.7 Å². The second kappa shape index (κ2) is 12.2. The van der Waals surface area contributed by atoms with Gasteiger partial charge in [0.25, 0.3) is 5.56 Å². The maximum Gasteiger partial charge on any atom is 0.347 e. The summed E-state index contributed by atoms with van der Waals surface area (Å²) in [6, 6.07) is 24.3. The molecule has 0 bridgehead atoms. The lowest BCUT2D eigenvalue weighted by Crippen LogP contribution is -2.52. The number of nitrogens with one attached hydrogen (secondary N) is 1. The summed E-state index contributed by atoms with van der Waals surface area (Å²) in [6.45, 7) is 2.34. The van der Waals surface area contributed by atoms with Crippen LogP contribution in [-0.2, 0) is 18.9 Å². The molecule has 1 fully saturated rings. The van der Waals surface area contributed by atoms with Crippen molar-refractivity contribution in [2.45, 2.75) is 37.9 Å². The van der Waals surface area contributed by atoms with Crippen LogP contribution in [0.3, 0.4) is 0 Å². The van der Waals surface area contributed by atoms with Gasteiger partial charge >= 0.3 is 23.6 Å². The molecule has 0 saturated carbocycles. The lowest BCUT2D eigenvalue weighted by atomic mass is 9.95. The Morgan fingerprint density at radius 1 is 0.837 bits per heavy atom. The lowest BCUT2D eigenvalue weighted by Gasteiger charge is -2.34. The third-order valence-corrected chi connectivity index (χ3v) is 6.89. The summed E-state index contributed by atoms with van der Waals surface area (Å²) >= 11 is 0. The predicted octanol–water partition coefficient (Wildman–Crippen LogP) is 2.84. The normalized spacial score (nSPS) is 21.1. The maximum atomic E-state index is 13.4. The smallest absolute Gasteiger partial charge is 0.347 e. The fourth-order valence-corrected chi connectivity index (χ4v) is 4.67. The van der Waals surface area contributed by atoms with E-state index in [9.17, 15) is 24.0 Å². The number of nitrogens with zero attached hydrogens (tertiary/aromatic N) is 2. The van der Waals surface area contributed by atoms with Gasteiger partial charge in [0.1, 0.15) is 18.4 Å². The molecule has 1 aliphatic heterocycles. The molecule has 1 saturated heterocycles. The van der Waals surface area contributed by atoms with E-state index >= 15 is 0 Å². The van der Waals surface area contributed by atoms with Crippen LogP contribution < -0.4 is 11.2 Å². The average Bonchev–Trinajstić information content (AvgIpc) is 3.28. The van der Waals surface area contributed by atoms with Crippen molar-refractivity contribution in [3.8, 4) is 0 Å². The molecule has 220 valence electrons. The summed E-state index contributed by atoms with van der Waals surface area (Å²) in [5.41, 5.74) is -3.03. The highest BCUT2D eigenvalue weighted by atomic mass is 16.7.